The van der Waals surface area contributed by atoms with Gasteiger partial charge >= 0.3 is 0 Å². The highest BCUT2D eigenvalue weighted by Gasteiger charge is 2.45. The molecule has 6 heteroatoms. The van der Waals surface area contributed by atoms with Crippen molar-refractivity contribution >= 4 is 11.8 Å². The summed E-state index contributed by atoms with van der Waals surface area (Å²) < 4.78 is 5.59. The number of carbonyl (C=O) groups excluding carboxylic acids is 2. The predicted molar refractivity (Wildman–Crippen MR) is 63.6 cm³/mol. The molecule has 0 radical (unpaired) electrons. The minimum absolute atomic E-state index is 0.000602. The summed E-state index contributed by atoms with van der Waals surface area (Å²) >= 11 is 0. The number of primary amides is 1. The van der Waals surface area contributed by atoms with E-state index in [2.05, 4.69) is 4.90 Å². The number of fused-ring (bicyclic) bond motifs is 1. The SMILES string of the molecule is NC(=O)CN1C(=O)CO[C@H]2CN(C3CCC3)C[C@H]21. The number of amides is 2. The molecule has 3 fully saturated rings. The Morgan fingerprint density at radius 1 is 1.39 bits per heavy atom. The van der Waals surface area contributed by atoms with Crippen molar-refractivity contribution < 1.29 is 14.3 Å². The van der Waals surface area contributed by atoms with Crippen LogP contribution in [0.4, 0.5) is 0 Å². The second-order valence-corrected chi connectivity index (χ2v) is 5.44. The molecule has 100 valence electrons. The summed E-state index contributed by atoms with van der Waals surface area (Å²) in [5.74, 6) is -0.573. The lowest BCUT2D eigenvalue weighted by molar-refractivity contribution is -0.155. The molecule has 3 aliphatic rings. The lowest BCUT2D eigenvalue weighted by Gasteiger charge is -2.36. The first-order valence-corrected chi connectivity index (χ1v) is 6.58. The number of hydrogen-bond acceptors (Lipinski definition) is 4. The molecule has 6 nitrogen and oxygen atoms in total. The molecule has 0 aromatic heterocycles. The van der Waals surface area contributed by atoms with Gasteiger partial charge in [0.2, 0.25) is 11.8 Å². The van der Waals surface area contributed by atoms with E-state index in [0.29, 0.717) is 6.04 Å². The van der Waals surface area contributed by atoms with Crippen LogP contribution in [0.3, 0.4) is 0 Å². The normalized spacial score (nSPS) is 33.3. The zero-order valence-electron chi connectivity index (χ0n) is 10.4. The van der Waals surface area contributed by atoms with Crippen LogP contribution in [0.15, 0.2) is 0 Å². The van der Waals surface area contributed by atoms with E-state index in [1.807, 2.05) is 0 Å². The lowest BCUT2D eigenvalue weighted by Crippen LogP contribution is -2.56. The van der Waals surface area contributed by atoms with Gasteiger partial charge in [-0.25, -0.2) is 0 Å². The van der Waals surface area contributed by atoms with Crippen LogP contribution in [0.2, 0.25) is 0 Å². The van der Waals surface area contributed by atoms with E-state index in [-0.39, 0.29) is 31.2 Å². The maximum Gasteiger partial charge on any atom is 0.249 e. The maximum absolute atomic E-state index is 11.8. The van der Waals surface area contributed by atoms with Crippen molar-refractivity contribution in [1.29, 1.82) is 0 Å². The molecule has 1 aliphatic carbocycles. The average Bonchev–Trinajstić information content (AvgIpc) is 2.63. The van der Waals surface area contributed by atoms with Gasteiger partial charge < -0.3 is 15.4 Å². The molecule has 18 heavy (non-hydrogen) atoms. The molecule has 0 spiro atoms. The third kappa shape index (κ3) is 1.99. The fourth-order valence-corrected chi connectivity index (χ4v) is 3.12. The Bertz CT molecular complexity index is 370. The highest BCUT2D eigenvalue weighted by atomic mass is 16.5. The Hall–Kier alpha value is -1.14. The monoisotopic (exact) mass is 253 g/mol. The van der Waals surface area contributed by atoms with Gasteiger partial charge in [-0.2, -0.15) is 0 Å². The molecule has 2 aliphatic heterocycles. The molecule has 0 bridgehead atoms. The Kier molecular flexibility index (Phi) is 2.99. The second kappa shape index (κ2) is 4.51. The van der Waals surface area contributed by atoms with Gasteiger partial charge in [0.05, 0.1) is 18.7 Å². The predicted octanol–water partition coefficient (Wildman–Crippen LogP) is -1.06. The van der Waals surface area contributed by atoms with Crippen LogP contribution in [0, 0.1) is 0 Å². The topological polar surface area (TPSA) is 75.9 Å². The number of carbonyl (C=O) groups is 2. The molecule has 0 aromatic carbocycles. The smallest absolute Gasteiger partial charge is 0.249 e. The van der Waals surface area contributed by atoms with Crippen molar-refractivity contribution in [3.8, 4) is 0 Å². The Morgan fingerprint density at radius 3 is 2.78 bits per heavy atom. The van der Waals surface area contributed by atoms with E-state index in [4.69, 9.17) is 10.5 Å². The van der Waals surface area contributed by atoms with Gasteiger partial charge in [-0.1, -0.05) is 6.42 Å². The third-order valence-corrected chi connectivity index (χ3v) is 4.32. The quantitative estimate of drug-likeness (QED) is 0.695. The van der Waals surface area contributed by atoms with Gasteiger partial charge in [0.15, 0.2) is 0 Å². The zero-order valence-corrected chi connectivity index (χ0v) is 10.4. The number of morpholine rings is 1. The summed E-state index contributed by atoms with van der Waals surface area (Å²) in [6.07, 6.45) is 3.82. The molecular weight excluding hydrogens is 234 g/mol. The summed E-state index contributed by atoms with van der Waals surface area (Å²) in [6, 6.07) is 0.643. The van der Waals surface area contributed by atoms with Crippen LogP contribution < -0.4 is 5.73 Å². The maximum atomic E-state index is 11.8. The van der Waals surface area contributed by atoms with Gasteiger partial charge in [-0.05, 0) is 12.8 Å². The summed E-state index contributed by atoms with van der Waals surface area (Å²) in [7, 11) is 0. The fourth-order valence-electron chi connectivity index (χ4n) is 3.12. The molecule has 0 aromatic rings. The zero-order chi connectivity index (χ0) is 12.7. The van der Waals surface area contributed by atoms with Gasteiger partial charge in [0, 0.05) is 19.1 Å². The number of likely N-dealkylation sites (tertiary alicyclic amines) is 1. The first kappa shape index (κ1) is 11.9. The molecule has 2 saturated heterocycles. The highest BCUT2D eigenvalue weighted by Crippen LogP contribution is 2.31. The highest BCUT2D eigenvalue weighted by molar-refractivity contribution is 5.85. The number of nitrogens with zero attached hydrogens (tertiary/aromatic N) is 2. The van der Waals surface area contributed by atoms with E-state index < -0.39 is 5.91 Å². The van der Waals surface area contributed by atoms with Crippen molar-refractivity contribution in [2.75, 3.05) is 26.2 Å². The lowest BCUT2D eigenvalue weighted by atomic mass is 9.92. The van der Waals surface area contributed by atoms with Crippen molar-refractivity contribution in [3.05, 3.63) is 0 Å². The summed E-state index contributed by atoms with van der Waals surface area (Å²) in [5, 5.41) is 0. The fraction of sp³-hybridized carbons (Fsp3) is 0.833. The van der Waals surface area contributed by atoms with E-state index >= 15 is 0 Å². The molecular formula is C12H19N3O3. The minimum atomic E-state index is -0.453. The van der Waals surface area contributed by atoms with Crippen LogP contribution in [-0.2, 0) is 14.3 Å². The largest absolute Gasteiger partial charge is 0.368 e. The van der Waals surface area contributed by atoms with E-state index in [9.17, 15) is 9.59 Å². The van der Waals surface area contributed by atoms with Gasteiger partial charge in [0.25, 0.3) is 0 Å². The minimum Gasteiger partial charge on any atom is -0.368 e. The van der Waals surface area contributed by atoms with Gasteiger partial charge in [-0.15, -0.1) is 0 Å². The molecule has 3 rings (SSSR count). The molecule has 2 atom stereocenters. The van der Waals surface area contributed by atoms with Crippen molar-refractivity contribution in [2.24, 2.45) is 5.73 Å². The number of rotatable bonds is 3. The third-order valence-electron chi connectivity index (χ3n) is 4.32. The van der Waals surface area contributed by atoms with Crippen LogP contribution >= 0.6 is 0 Å². The van der Waals surface area contributed by atoms with E-state index in [1.54, 1.807) is 4.90 Å². The molecule has 1 saturated carbocycles. The molecule has 2 heterocycles. The van der Waals surface area contributed by atoms with Crippen LogP contribution in [0.5, 0.6) is 0 Å². The summed E-state index contributed by atoms with van der Waals surface area (Å²) in [4.78, 5) is 26.9. The average molecular weight is 253 g/mol. The van der Waals surface area contributed by atoms with Crippen molar-refractivity contribution in [2.45, 2.75) is 37.5 Å². The second-order valence-electron chi connectivity index (χ2n) is 5.44. The standard InChI is InChI=1S/C12H19N3O3/c13-11(16)6-15-9-4-14(8-2-1-3-8)5-10(9)18-7-12(15)17/h8-10H,1-7H2,(H2,13,16)/t9-,10+/m1/s1. The Balaban J connectivity index is 1.70. The molecule has 2 amide bonds. The molecule has 2 N–H and O–H groups in total. The van der Waals surface area contributed by atoms with Crippen molar-refractivity contribution in [1.82, 2.24) is 9.80 Å². The van der Waals surface area contributed by atoms with Crippen LogP contribution in [0.1, 0.15) is 19.3 Å². The summed E-state index contributed by atoms with van der Waals surface area (Å²) in [6.45, 7) is 1.78. The van der Waals surface area contributed by atoms with Crippen molar-refractivity contribution in [3.63, 3.8) is 0 Å². The van der Waals surface area contributed by atoms with E-state index in [0.717, 1.165) is 13.1 Å². The van der Waals surface area contributed by atoms with Crippen LogP contribution in [0.25, 0.3) is 0 Å². The summed E-state index contributed by atoms with van der Waals surface area (Å²) in [5.41, 5.74) is 5.21. The van der Waals surface area contributed by atoms with Gasteiger partial charge in [-0.3, -0.25) is 14.5 Å². The number of hydrogen-bond donors (Lipinski definition) is 1. The first-order valence-electron chi connectivity index (χ1n) is 6.58. The van der Waals surface area contributed by atoms with Crippen LogP contribution in [-0.4, -0.2) is 66.0 Å². The Morgan fingerprint density at radius 2 is 2.17 bits per heavy atom. The number of ether oxygens (including phenoxy) is 1. The molecule has 0 unspecified atom stereocenters. The number of nitrogens with two attached hydrogens (primary N) is 1. The Labute approximate surface area is 106 Å². The van der Waals surface area contributed by atoms with E-state index in [1.165, 1.54) is 19.3 Å². The first-order chi connectivity index (χ1) is 8.65. The van der Waals surface area contributed by atoms with Gasteiger partial charge in [0.1, 0.15) is 6.61 Å².